The highest BCUT2D eigenvalue weighted by atomic mass is 35.5. The Labute approximate surface area is 118 Å². The quantitative estimate of drug-likeness (QED) is 0.910. The molecule has 1 aromatic heterocycles. The van der Waals surface area contributed by atoms with Gasteiger partial charge in [-0.3, -0.25) is 0 Å². The van der Waals surface area contributed by atoms with Crippen molar-refractivity contribution in [3.8, 4) is 11.3 Å². The van der Waals surface area contributed by atoms with Crippen LogP contribution in [-0.4, -0.2) is 22.6 Å². The normalized spacial score (nSPS) is 16.7. The third-order valence-corrected chi connectivity index (χ3v) is 4.24. The Morgan fingerprint density at radius 3 is 2.84 bits per heavy atom. The van der Waals surface area contributed by atoms with E-state index in [1.54, 1.807) is 0 Å². The molecule has 19 heavy (non-hydrogen) atoms. The van der Waals surface area contributed by atoms with Crippen LogP contribution in [0.15, 0.2) is 30.7 Å². The Morgan fingerprint density at radius 2 is 2.11 bits per heavy atom. The van der Waals surface area contributed by atoms with Crippen LogP contribution in [0.25, 0.3) is 11.3 Å². The molecule has 1 saturated heterocycles. The number of hydrogen-bond acceptors (Lipinski definition) is 2. The molecular formula is C15H18ClN3. The van der Waals surface area contributed by atoms with Crippen LogP contribution in [0.4, 0.5) is 0 Å². The van der Waals surface area contributed by atoms with Crippen molar-refractivity contribution in [3.05, 3.63) is 41.3 Å². The lowest BCUT2D eigenvalue weighted by molar-refractivity contribution is 0.370. The highest BCUT2D eigenvalue weighted by Gasteiger charge is 2.18. The number of aryl methyl sites for hydroxylation is 1. The number of aromatic nitrogens is 2. The number of piperidine rings is 1. The second-order valence-electron chi connectivity index (χ2n) is 5.13. The molecule has 0 aliphatic carbocycles. The van der Waals surface area contributed by atoms with E-state index in [9.17, 15) is 0 Å². The number of imidazole rings is 1. The van der Waals surface area contributed by atoms with E-state index < -0.39 is 0 Å². The van der Waals surface area contributed by atoms with Crippen molar-refractivity contribution in [1.82, 2.24) is 14.9 Å². The molecule has 2 aromatic rings. The van der Waals surface area contributed by atoms with Crippen LogP contribution < -0.4 is 5.32 Å². The largest absolute Gasteiger partial charge is 0.327 e. The van der Waals surface area contributed by atoms with Crippen LogP contribution in [0.3, 0.4) is 0 Å². The van der Waals surface area contributed by atoms with Crippen LogP contribution in [0, 0.1) is 6.92 Å². The zero-order valence-corrected chi connectivity index (χ0v) is 11.8. The highest BCUT2D eigenvalue weighted by Crippen LogP contribution is 2.29. The maximum absolute atomic E-state index is 6.23. The van der Waals surface area contributed by atoms with Gasteiger partial charge in [-0.1, -0.05) is 23.7 Å². The van der Waals surface area contributed by atoms with Gasteiger partial charge in [0.2, 0.25) is 0 Å². The third kappa shape index (κ3) is 2.53. The molecular weight excluding hydrogens is 258 g/mol. The summed E-state index contributed by atoms with van der Waals surface area (Å²) in [7, 11) is 0. The maximum atomic E-state index is 6.23. The van der Waals surface area contributed by atoms with Crippen LogP contribution in [0.2, 0.25) is 5.02 Å². The minimum atomic E-state index is 0.541. The fourth-order valence-corrected chi connectivity index (χ4v) is 2.84. The smallest absolute Gasteiger partial charge is 0.0953 e. The van der Waals surface area contributed by atoms with Crippen molar-refractivity contribution in [2.24, 2.45) is 0 Å². The van der Waals surface area contributed by atoms with Crippen molar-refractivity contribution >= 4 is 11.6 Å². The van der Waals surface area contributed by atoms with Crippen molar-refractivity contribution in [2.45, 2.75) is 25.8 Å². The summed E-state index contributed by atoms with van der Waals surface area (Å²) in [6, 6.07) is 6.76. The van der Waals surface area contributed by atoms with Gasteiger partial charge in [-0.25, -0.2) is 4.98 Å². The zero-order valence-electron chi connectivity index (χ0n) is 11.1. The van der Waals surface area contributed by atoms with E-state index in [4.69, 9.17) is 11.6 Å². The van der Waals surface area contributed by atoms with E-state index in [1.165, 1.54) is 0 Å². The van der Waals surface area contributed by atoms with Gasteiger partial charge in [0.25, 0.3) is 0 Å². The van der Waals surface area contributed by atoms with Gasteiger partial charge in [0.05, 0.1) is 18.2 Å². The molecule has 100 valence electrons. The van der Waals surface area contributed by atoms with Gasteiger partial charge in [-0.05, 0) is 44.5 Å². The molecule has 1 fully saturated rings. The number of nitrogens with zero attached hydrogens (tertiary/aromatic N) is 2. The van der Waals surface area contributed by atoms with E-state index in [2.05, 4.69) is 27.0 Å². The number of halogens is 1. The lowest BCUT2D eigenvalue weighted by Gasteiger charge is -2.25. The molecule has 1 aromatic carbocycles. The predicted molar refractivity (Wildman–Crippen MR) is 78.6 cm³/mol. The van der Waals surface area contributed by atoms with Gasteiger partial charge < -0.3 is 9.88 Å². The number of nitrogens with one attached hydrogen (secondary N) is 1. The minimum Gasteiger partial charge on any atom is -0.327 e. The van der Waals surface area contributed by atoms with Gasteiger partial charge in [-0.15, -0.1) is 0 Å². The first-order valence-electron chi connectivity index (χ1n) is 6.75. The molecule has 3 rings (SSSR count). The van der Waals surface area contributed by atoms with Crippen molar-refractivity contribution in [3.63, 3.8) is 0 Å². The average Bonchev–Trinajstić information content (AvgIpc) is 2.92. The topological polar surface area (TPSA) is 29.9 Å². The summed E-state index contributed by atoms with van der Waals surface area (Å²) >= 11 is 6.23. The molecule has 1 aliphatic rings. The first kappa shape index (κ1) is 12.7. The van der Waals surface area contributed by atoms with E-state index in [-0.39, 0.29) is 0 Å². The average molecular weight is 276 g/mol. The fourth-order valence-electron chi connectivity index (χ4n) is 2.66. The molecule has 2 heterocycles. The molecule has 4 heteroatoms. The summed E-state index contributed by atoms with van der Waals surface area (Å²) in [5, 5.41) is 4.21. The lowest BCUT2D eigenvalue weighted by atomic mass is 10.0. The Morgan fingerprint density at radius 1 is 1.32 bits per heavy atom. The standard InChI is InChI=1S/C15H18ClN3/c1-11-2-3-12(8-14(11)16)15-9-18-10-19(15)13-4-6-17-7-5-13/h2-3,8-10,13,17H,4-7H2,1H3. The van der Waals surface area contributed by atoms with Gasteiger partial charge in [0, 0.05) is 16.6 Å². The van der Waals surface area contributed by atoms with Crippen molar-refractivity contribution in [1.29, 1.82) is 0 Å². The molecule has 0 unspecified atom stereocenters. The highest BCUT2D eigenvalue weighted by molar-refractivity contribution is 6.31. The molecule has 0 radical (unpaired) electrons. The molecule has 0 spiro atoms. The Balaban J connectivity index is 1.96. The Hall–Kier alpha value is -1.32. The van der Waals surface area contributed by atoms with E-state index in [1.807, 2.05) is 25.5 Å². The number of benzene rings is 1. The molecule has 1 N–H and O–H groups in total. The fraction of sp³-hybridized carbons (Fsp3) is 0.400. The minimum absolute atomic E-state index is 0.541. The van der Waals surface area contributed by atoms with Crippen LogP contribution in [0.5, 0.6) is 0 Å². The summed E-state index contributed by atoms with van der Waals surface area (Å²) in [6.07, 6.45) is 6.19. The SMILES string of the molecule is Cc1ccc(-c2cncn2C2CCNCC2)cc1Cl. The summed E-state index contributed by atoms with van der Waals surface area (Å²) in [6.45, 7) is 4.18. The van der Waals surface area contributed by atoms with Gasteiger partial charge in [-0.2, -0.15) is 0 Å². The second-order valence-corrected chi connectivity index (χ2v) is 5.54. The molecule has 0 amide bonds. The summed E-state index contributed by atoms with van der Waals surface area (Å²) in [5.41, 5.74) is 3.42. The molecule has 0 atom stereocenters. The third-order valence-electron chi connectivity index (χ3n) is 3.84. The maximum Gasteiger partial charge on any atom is 0.0953 e. The summed E-state index contributed by atoms with van der Waals surface area (Å²) in [4.78, 5) is 4.33. The molecule has 3 nitrogen and oxygen atoms in total. The zero-order chi connectivity index (χ0) is 13.2. The van der Waals surface area contributed by atoms with Gasteiger partial charge >= 0.3 is 0 Å². The Kier molecular flexibility index (Phi) is 3.58. The predicted octanol–water partition coefficient (Wildman–Crippen LogP) is 3.44. The van der Waals surface area contributed by atoms with E-state index in [0.717, 1.165) is 47.8 Å². The first-order chi connectivity index (χ1) is 9.25. The van der Waals surface area contributed by atoms with Crippen LogP contribution >= 0.6 is 11.6 Å². The lowest BCUT2D eigenvalue weighted by Crippen LogP contribution is -2.29. The summed E-state index contributed by atoms with van der Waals surface area (Å²) < 4.78 is 2.29. The van der Waals surface area contributed by atoms with Crippen molar-refractivity contribution < 1.29 is 0 Å². The van der Waals surface area contributed by atoms with Crippen LogP contribution in [0.1, 0.15) is 24.4 Å². The monoisotopic (exact) mass is 275 g/mol. The molecule has 0 saturated carbocycles. The summed E-state index contributed by atoms with van der Waals surface area (Å²) in [5.74, 6) is 0. The Bertz CT molecular complexity index is 571. The number of hydrogen-bond donors (Lipinski definition) is 1. The molecule has 1 aliphatic heterocycles. The second kappa shape index (κ2) is 5.35. The van der Waals surface area contributed by atoms with Gasteiger partial charge in [0.1, 0.15) is 0 Å². The van der Waals surface area contributed by atoms with Gasteiger partial charge in [0.15, 0.2) is 0 Å². The van der Waals surface area contributed by atoms with Crippen LogP contribution in [-0.2, 0) is 0 Å². The molecule has 0 bridgehead atoms. The van der Waals surface area contributed by atoms with E-state index >= 15 is 0 Å². The first-order valence-corrected chi connectivity index (χ1v) is 7.12. The van der Waals surface area contributed by atoms with Crippen molar-refractivity contribution in [2.75, 3.05) is 13.1 Å². The van der Waals surface area contributed by atoms with E-state index in [0.29, 0.717) is 6.04 Å². The number of rotatable bonds is 2.